The van der Waals surface area contributed by atoms with Gasteiger partial charge >= 0.3 is 189 Å². The second-order valence-corrected chi connectivity index (χ2v) is 47.4. The van der Waals surface area contributed by atoms with Crippen molar-refractivity contribution in [2.24, 2.45) is 17.3 Å². The van der Waals surface area contributed by atoms with Crippen LogP contribution in [0.25, 0.3) is 0 Å². The molecule has 0 aromatic carbocycles. The largest absolute Gasteiger partial charge is 1.00 e. The van der Waals surface area contributed by atoms with Gasteiger partial charge in [-0.05, 0) is 69.6 Å². The summed E-state index contributed by atoms with van der Waals surface area (Å²) in [5, 5.41) is 0. The molecule has 0 saturated heterocycles. The predicted octanol–water partition coefficient (Wildman–Crippen LogP) is -16.5. The molecule has 0 rings (SSSR count). The van der Waals surface area contributed by atoms with Crippen LogP contribution in [-0.4, -0.2) is 121 Å². The van der Waals surface area contributed by atoms with Crippen LogP contribution in [0.3, 0.4) is 0 Å². The monoisotopic (exact) mass is 2040 g/mol. The Bertz CT molecular complexity index is 3530. The van der Waals surface area contributed by atoms with Crippen LogP contribution in [0, 0.1) is 17.3 Å². The Kier molecular flexibility index (Phi) is 147. The van der Waals surface area contributed by atoms with Crippen LogP contribution < -0.4 is 238 Å². The summed E-state index contributed by atoms with van der Waals surface area (Å²) < 4.78 is 152. The Balaban J connectivity index is -0.0000000589. The van der Waals surface area contributed by atoms with E-state index < -0.39 is 137 Å². The van der Waals surface area contributed by atoms with Crippen molar-refractivity contribution in [1.82, 2.24) is 0 Å². The van der Waals surface area contributed by atoms with Gasteiger partial charge in [0, 0.05) is 69.2 Å². The van der Waals surface area contributed by atoms with Crippen molar-refractivity contribution in [2.45, 2.75) is 326 Å². The molecule has 11 unspecified atom stereocenters. The normalized spacial score (nSPS) is 14.8. The van der Waals surface area contributed by atoms with Gasteiger partial charge in [0.15, 0.2) is 60.8 Å². The number of hydrogen-bond acceptors (Lipinski definition) is 40. The molecule has 0 aromatic heterocycles. The molecule has 133 heavy (non-hydrogen) atoms. The fourth-order valence-corrected chi connectivity index (χ4v) is 12.4. The summed E-state index contributed by atoms with van der Waals surface area (Å²) in [6.45, 7) is 40.3. The molecule has 0 aromatic rings. The van der Waals surface area contributed by atoms with Gasteiger partial charge in [0.1, 0.15) is 0 Å². The molecule has 40 nitrogen and oxygen atoms in total. The van der Waals surface area contributed by atoms with E-state index in [1.807, 2.05) is 41.5 Å². The minimum absolute atomic E-state index is 0. The molecule has 11 atom stereocenters. The molecule has 0 radical (unpaired) electrons. The summed E-state index contributed by atoms with van der Waals surface area (Å²) in [6.07, 6.45) is 24.0. The van der Waals surface area contributed by atoms with Gasteiger partial charge in [-0.1, -0.05) is 205 Å². The van der Waals surface area contributed by atoms with E-state index in [4.69, 9.17) is 4.52 Å². The van der Waals surface area contributed by atoms with Crippen molar-refractivity contribution < 1.29 is 376 Å². The molecule has 0 aliphatic rings. The quantitative estimate of drug-likeness (QED) is 0.0236. The number of rotatable bonds is 57. The molecule has 0 saturated carbocycles. The van der Waals surface area contributed by atoms with Gasteiger partial charge in [-0.2, -0.15) is 0 Å². The number of hydrogen-bond donors (Lipinski definition) is 0. The third-order valence-corrected chi connectivity index (χ3v) is 27.1. The van der Waals surface area contributed by atoms with Crippen LogP contribution in [-0.2, 0) is 139 Å². The van der Waals surface area contributed by atoms with E-state index in [1.54, 1.807) is 27.7 Å². The molecule has 0 bridgehead atoms. The van der Waals surface area contributed by atoms with Crippen LogP contribution in [0.15, 0.2) is 12.7 Å². The molecule has 0 aliphatic carbocycles. The number of carbonyl (C=O) groups is 10. The minimum Gasteiger partial charge on any atom is -0.773 e. The number of carbonyl (C=O) groups excluding carboxylic acids is 10. The average Bonchev–Trinajstić information content (AvgIpc) is 0.867. The van der Waals surface area contributed by atoms with E-state index in [9.17, 15) is 143 Å². The van der Waals surface area contributed by atoms with Gasteiger partial charge in [0.25, 0.3) is 0 Å². The van der Waals surface area contributed by atoms with Crippen molar-refractivity contribution in [1.29, 1.82) is 0 Å². The average molecular weight is 2040 g/mol. The third kappa shape index (κ3) is 126. The first-order valence-electron chi connectivity index (χ1n) is 40.2. The Morgan fingerprint density at radius 3 is 0.684 bits per heavy atom. The maximum absolute atomic E-state index is 11.1. The van der Waals surface area contributed by atoms with E-state index in [1.165, 1.54) is 25.3 Å². The van der Waals surface area contributed by atoms with Crippen molar-refractivity contribution in [2.75, 3.05) is 59.5 Å². The first-order chi connectivity index (χ1) is 55.8. The van der Waals surface area contributed by atoms with Crippen LogP contribution in [0.2, 0.25) is 0 Å². The summed E-state index contributed by atoms with van der Waals surface area (Å²) in [5.74, 6) is 0.336. The summed E-state index contributed by atoms with van der Waals surface area (Å²) in [4.78, 5) is 212. The molecule has 0 amide bonds. The van der Waals surface area contributed by atoms with Crippen molar-refractivity contribution in [3.05, 3.63) is 12.7 Å². The minimum atomic E-state index is -4.25. The van der Waals surface area contributed by atoms with Crippen molar-refractivity contribution in [3.63, 3.8) is 0 Å². The zero-order valence-electron chi connectivity index (χ0n) is 86.7. The molecular weight excluding hydrogens is 1900 g/mol. The first kappa shape index (κ1) is 185. The Hall–Kier alpha value is 3.91. The van der Waals surface area contributed by atoms with Gasteiger partial charge in [-0.3, -0.25) is 47.9 Å². The van der Waals surface area contributed by atoms with Gasteiger partial charge in [-0.25, -0.2) is 0 Å². The van der Waals surface area contributed by atoms with E-state index in [-0.39, 0.29) is 265 Å². The second-order valence-electron chi connectivity index (χ2n) is 28.6. The molecular formula is C73H144Li10O40P10. The second kappa shape index (κ2) is 106. The van der Waals surface area contributed by atoms with Gasteiger partial charge in [-0.15, -0.1) is 6.58 Å². The fraction of sp³-hybridized carbons (Fsp3) is 0.836. The van der Waals surface area contributed by atoms with Crippen LogP contribution in [0.4, 0.5) is 0 Å². The molecule has 0 heterocycles. The van der Waals surface area contributed by atoms with Gasteiger partial charge in [0.05, 0.1) is 65.6 Å². The zero-order valence-corrected chi connectivity index (χ0v) is 95.6. The van der Waals surface area contributed by atoms with Crippen molar-refractivity contribution >= 4 is 131 Å². The fourth-order valence-electron chi connectivity index (χ4n) is 6.49. The molecule has 0 aliphatic heterocycles. The van der Waals surface area contributed by atoms with E-state index in [2.05, 4.69) is 75.0 Å². The maximum Gasteiger partial charge on any atom is 1.00 e. The standard InChI is InChI=1S/2C10H21O4P.C9H19O4P.C8H17O4P.2C7H15O4P.2C6H13O4P.C5H11O4P.C5H9O4P.10Li/c1-4-6-7-10(5-2)8-14-15(12,13)9(3)11;1-3-4-5-6-7-8-9-14-15(12,13)10(2)11;1-3-4-5-6-7-8-13-14(11,12)9(2)10;1-3-4-5-6-7-12-13(10,11)8(2)9;1-6(8)12(9,10)11-5-7(2,3)4;1-3-4-5-6-11-12(9,10)7(2)8;1-5(2)4-10-11(8,9)6(3)7;1-3-4-5-10-11(8,9)6(2)7;1-4(2)9-10(7,8)5(3)6;1-3-4-9-10(7,8)5(2)6;;;;;;;;;;/h10H,4-8H2,1-3H3,(H,12,13);3-9H2,1-2H3,(H,12,13);3-8H2,1-2H3,(H,11,12);3-7H2,1-2H3,(H,10,11);5H2,1-4H3,(H,9,10);3-6H2,1-2H3,(H,9,10);5H,4H2,1-3H3,(H,8,9);3-5H2,1-2H3,(H,8,9);4H,1-3H3,(H,7,8);3H,1,4H2,2H3,(H,7,8);;;;;;;;;;/q;;;;;;;;;;10*+1/p-10. The SMILES string of the molecule is C=CCOP(=O)([O-])C(C)=O.CC(=O)P(=O)([O-])OC(C)C.CC(=O)P(=O)([O-])OCC(C)(C)C.CC(=O)P(=O)([O-])OCC(C)C.CCCCC(CC)COP(=O)([O-])C(C)=O.CCCCCCCCOP(=O)([O-])C(C)=O.CCCCCCCOP(=O)([O-])C(C)=O.CCCCCCOP(=O)([O-])C(C)=O.CCCCCOP(=O)([O-])C(C)=O.CCCCOP(=O)([O-])C(C)=O.[Li+].[Li+].[Li+].[Li+].[Li+].[Li+].[Li+].[Li+].[Li+].[Li+]. The van der Waals surface area contributed by atoms with E-state index >= 15 is 0 Å². The third-order valence-electron chi connectivity index (χ3n) is 14.1. The molecule has 0 spiro atoms. The van der Waals surface area contributed by atoms with Crippen molar-refractivity contribution in [3.8, 4) is 0 Å². The Morgan fingerprint density at radius 1 is 0.278 bits per heavy atom. The van der Waals surface area contributed by atoms with Gasteiger partial charge in [0.2, 0.25) is 70.4 Å². The van der Waals surface area contributed by atoms with Crippen LogP contribution in [0.5, 0.6) is 0 Å². The summed E-state index contributed by atoms with van der Waals surface area (Å²) in [5.41, 5.74) is -9.39. The Morgan fingerprint density at radius 2 is 0.474 bits per heavy atom. The zero-order chi connectivity index (χ0) is 99.1. The first-order valence-corrected chi connectivity index (χ1v) is 55.6. The topological polar surface area (TPSA) is 664 Å². The van der Waals surface area contributed by atoms with Crippen LogP contribution in [0.1, 0.15) is 320 Å². The molecule has 0 N–H and O–H groups in total. The summed E-state index contributed by atoms with van der Waals surface area (Å²) >= 11 is 0. The summed E-state index contributed by atoms with van der Waals surface area (Å²) in [7, 11) is -42.2. The smallest absolute Gasteiger partial charge is 0.773 e. The summed E-state index contributed by atoms with van der Waals surface area (Å²) in [6, 6.07) is 0. The van der Waals surface area contributed by atoms with Gasteiger partial charge < -0.3 is 140 Å². The predicted molar refractivity (Wildman–Crippen MR) is 451 cm³/mol. The molecule has 60 heteroatoms. The maximum atomic E-state index is 11.1. The van der Waals surface area contributed by atoms with Crippen LogP contribution >= 0.6 is 76.0 Å². The number of unbranched alkanes of at least 4 members (excludes halogenated alkanes) is 16. The molecule has 0 fully saturated rings. The Labute approximate surface area is 914 Å². The van der Waals surface area contributed by atoms with E-state index in [0.29, 0.717) is 32.1 Å². The van der Waals surface area contributed by atoms with E-state index in [0.717, 1.165) is 172 Å². The molecule has 736 valence electrons.